The van der Waals surface area contributed by atoms with Crippen molar-refractivity contribution in [1.82, 2.24) is 9.88 Å². The molecule has 4 aliphatic rings. The molecule has 0 N–H and O–H groups in total. The van der Waals surface area contributed by atoms with Gasteiger partial charge in [0.25, 0.3) is 0 Å². The van der Waals surface area contributed by atoms with Crippen LogP contribution in [0.25, 0.3) is 5.57 Å². The molecule has 1 amide bonds. The number of allylic oxidation sites excluding steroid dienone is 3. The minimum Gasteiger partial charge on any atom is -0.446 e. The third-order valence-corrected chi connectivity index (χ3v) is 11.2. The number of rotatable bonds is 10. The van der Waals surface area contributed by atoms with Gasteiger partial charge in [-0.15, -0.1) is 0 Å². The molecule has 1 aromatic rings. The van der Waals surface area contributed by atoms with Crippen molar-refractivity contribution in [2.24, 2.45) is 28.6 Å². The fraction of sp³-hybridized carbons (Fsp3) is 0.714. The van der Waals surface area contributed by atoms with E-state index in [0.29, 0.717) is 0 Å². The maximum atomic E-state index is 13.2. The molecular formula is C35H52N2O2. The third kappa shape index (κ3) is 5.59. The molecule has 0 aliphatic heterocycles. The molecule has 6 atom stereocenters. The van der Waals surface area contributed by atoms with Crippen LogP contribution in [0, 0.1) is 28.6 Å². The summed E-state index contributed by atoms with van der Waals surface area (Å²) in [4.78, 5) is 19.7. The van der Waals surface area contributed by atoms with Gasteiger partial charge in [-0.1, -0.05) is 77.2 Å². The number of nitrogens with zero attached hydrogens (tertiary/aromatic N) is 2. The molecule has 0 aromatic carbocycles. The van der Waals surface area contributed by atoms with Gasteiger partial charge in [0.2, 0.25) is 0 Å². The average Bonchev–Trinajstić information content (AvgIpc) is 3.30. The topological polar surface area (TPSA) is 42.4 Å². The van der Waals surface area contributed by atoms with Gasteiger partial charge in [-0.05, 0) is 97.2 Å². The Morgan fingerprint density at radius 3 is 2.41 bits per heavy atom. The van der Waals surface area contributed by atoms with Gasteiger partial charge in [-0.25, -0.2) is 4.79 Å². The Morgan fingerprint density at radius 2 is 1.72 bits per heavy atom. The molecule has 5 rings (SSSR count). The zero-order chi connectivity index (χ0) is 27.5. The van der Waals surface area contributed by atoms with Crippen molar-refractivity contribution >= 4 is 11.7 Å². The van der Waals surface area contributed by atoms with E-state index in [1.54, 1.807) is 5.57 Å². The molecule has 1 aromatic heterocycles. The highest BCUT2D eigenvalue weighted by atomic mass is 16.6. The first-order valence-corrected chi connectivity index (χ1v) is 16.2. The SMILES string of the molecule is CCCCCN(CCCCC)C(=O)O[C@H]1CC[C@@]2(C)C(=CC[C@@H]3[C@@H]2CC[C@]2(C)C(c4cccnc4)=CC[C@@H]32)C1. The molecule has 2 fully saturated rings. The molecule has 39 heavy (non-hydrogen) atoms. The Labute approximate surface area is 237 Å². The molecule has 1 heterocycles. The van der Waals surface area contributed by atoms with Gasteiger partial charge in [-0.2, -0.15) is 0 Å². The van der Waals surface area contributed by atoms with Crippen LogP contribution in [0.3, 0.4) is 0 Å². The first kappa shape index (κ1) is 28.4. The maximum Gasteiger partial charge on any atom is 0.410 e. The number of ether oxygens (including phenoxy) is 1. The number of hydrogen-bond donors (Lipinski definition) is 0. The summed E-state index contributed by atoms with van der Waals surface area (Å²) in [5.74, 6) is 2.21. The van der Waals surface area contributed by atoms with Gasteiger partial charge in [0.15, 0.2) is 0 Å². The smallest absolute Gasteiger partial charge is 0.410 e. The Bertz CT molecular complexity index is 1040. The summed E-state index contributed by atoms with van der Waals surface area (Å²) in [6, 6.07) is 4.33. The van der Waals surface area contributed by atoms with Gasteiger partial charge >= 0.3 is 6.09 Å². The molecule has 0 saturated heterocycles. The Balaban J connectivity index is 1.24. The van der Waals surface area contributed by atoms with Crippen molar-refractivity contribution in [3.63, 3.8) is 0 Å². The molecule has 0 unspecified atom stereocenters. The zero-order valence-corrected chi connectivity index (χ0v) is 25.1. The summed E-state index contributed by atoms with van der Waals surface area (Å²) >= 11 is 0. The van der Waals surface area contributed by atoms with Crippen molar-refractivity contribution in [2.75, 3.05) is 13.1 Å². The lowest BCUT2D eigenvalue weighted by atomic mass is 9.47. The minimum absolute atomic E-state index is 0.0346. The zero-order valence-electron chi connectivity index (χ0n) is 25.1. The van der Waals surface area contributed by atoms with Crippen molar-refractivity contribution in [3.05, 3.63) is 47.8 Å². The second-order valence-electron chi connectivity index (χ2n) is 13.5. The number of hydrogen-bond acceptors (Lipinski definition) is 3. The normalized spacial score (nSPS) is 33.3. The van der Waals surface area contributed by atoms with Crippen LogP contribution in [0.1, 0.15) is 117 Å². The van der Waals surface area contributed by atoms with Crippen LogP contribution in [0.4, 0.5) is 4.79 Å². The first-order chi connectivity index (χ1) is 18.9. The maximum absolute atomic E-state index is 13.2. The molecular weight excluding hydrogens is 480 g/mol. The fourth-order valence-corrected chi connectivity index (χ4v) is 8.88. The van der Waals surface area contributed by atoms with E-state index in [4.69, 9.17) is 4.74 Å². The van der Waals surface area contributed by atoms with Crippen LogP contribution in [-0.4, -0.2) is 35.2 Å². The lowest BCUT2D eigenvalue weighted by Gasteiger charge is -2.57. The molecule has 0 spiro atoms. The minimum atomic E-state index is -0.0708. The van der Waals surface area contributed by atoms with Gasteiger partial charge in [0, 0.05) is 31.9 Å². The molecule has 4 heteroatoms. The number of fused-ring (bicyclic) bond motifs is 5. The quantitative estimate of drug-likeness (QED) is 0.223. The highest BCUT2D eigenvalue weighted by molar-refractivity contribution is 5.72. The number of amides is 1. The highest BCUT2D eigenvalue weighted by Gasteiger charge is 2.57. The van der Waals surface area contributed by atoms with Crippen LogP contribution in [0.5, 0.6) is 0 Å². The van der Waals surface area contributed by atoms with E-state index in [2.05, 4.69) is 63.2 Å². The molecule has 0 bridgehead atoms. The van der Waals surface area contributed by atoms with Crippen molar-refractivity contribution in [2.45, 2.75) is 117 Å². The second-order valence-corrected chi connectivity index (χ2v) is 13.5. The van der Waals surface area contributed by atoms with E-state index in [1.807, 2.05) is 11.1 Å². The molecule has 0 radical (unpaired) electrons. The summed E-state index contributed by atoms with van der Waals surface area (Å²) in [5, 5.41) is 0. The predicted octanol–water partition coefficient (Wildman–Crippen LogP) is 9.23. The molecule has 214 valence electrons. The summed E-state index contributed by atoms with van der Waals surface area (Å²) in [7, 11) is 0. The van der Waals surface area contributed by atoms with E-state index in [9.17, 15) is 4.79 Å². The molecule has 2 saturated carbocycles. The lowest BCUT2D eigenvalue weighted by Crippen LogP contribution is -2.50. The average molecular weight is 533 g/mol. The summed E-state index contributed by atoms with van der Waals surface area (Å²) < 4.78 is 6.23. The standard InChI is InChI=1S/C35H52N2O2/c1-5-7-9-22-37(23-10-8-6-2)33(38)39-28-17-19-34(3)27(24-28)13-14-29-31-16-15-30(26-12-11-21-36-25-26)35(31,4)20-18-32(29)34/h11-13,15,21,25,28-29,31-32H,5-10,14,16-20,22-24H2,1-4H3/t28-,29-,31-,32-,34-,35+/m0/s1. The van der Waals surface area contributed by atoms with Crippen LogP contribution < -0.4 is 0 Å². The summed E-state index contributed by atoms with van der Waals surface area (Å²) in [6.45, 7) is 11.2. The first-order valence-electron chi connectivity index (χ1n) is 16.2. The number of carbonyl (C=O) groups excluding carboxylic acids is 1. The second kappa shape index (κ2) is 12.2. The Kier molecular flexibility index (Phi) is 8.88. The Morgan fingerprint density at radius 1 is 0.974 bits per heavy atom. The van der Waals surface area contributed by atoms with Gasteiger partial charge < -0.3 is 9.64 Å². The molecule has 4 aliphatic carbocycles. The van der Waals surface area contributed by atoms with Crippen molar-refractivity contribution < 1.29 is 9.53 Å². The van der Waals surface area contributed by atoms with E-state index >= 15 is 0 Å². The van der Waals surface area contributed by atoms with E-state index in [0.717, 1.165) is 62.9 Å². The lowest BCUT2D eigenvalue weighted by molar-refractivity contribution is -0.0295. The number of carbonyl (C=O) groups is 1. The highest BCUT2D eigenvalue weighted by Crippen LogP contribution is 2.66. The number of aromatic nitrogens is 1. The fourth-order valence-electron chi connectivity index (χ4n) is 8.88. The Hall–Kier alpha value is -2.10. The van der Waals surface area contributed by atoms with E-state index < -0.39 is 0 Å². The van der Waals surface area contributed by atoms with Gasteiger partial charge in [0.1, 0.15) is 6.10 Å². The number of unbranched alkanes of at least 4 members (excludes halogenated alkanes) is 4. The van der Waals surface area contributed by atoms with Crippen LogP contribution >= 0.6 is 0 Å². The summed E-state index contributed by atoms with van der Waals surface area (Å²) in [6.07, 6.45) is 23.9. The third-order valence-electron chi connectivity index (χ3n) is 11.2. The monoisotopic (exact) mass is 532 g/mol. The van der Waals surface area contributed by atoms with Crippen LogP contribution in [0.15, 0.2) is 42.3 Å². The number of pyridine rings is 1. The summed E-state index contributed by atoms with van der Waals surface area (Å²) in [5.41, 5.74) is 4.96. The van der Waals surface area contributed by atoms with E-state index in [1.165, 1.54) is 62.5 Å². The van der Waals surface area contributed by atoms with Crippen molar-refractivity contribution in [1.29, 1.82) is 0 Å². The van der Waals surface area contributed by atoms with Crippen LogP contribution in [0.2, 0.25) is 0 Å². The van der Waals surface area contributed by atoms with E-state index in [-0.39, 0.29) is 23.0 Å². The van der Waals surface area contributed by atoms with Gasteiger partial charge in [-0.3, -0.25) is 4.98 Å². The predicted molar refractivity (Wildman–Crippen MR) is 160 cm³/mol. The largest absolute Gasteiger partial charge is 0.446 e. The van der Waals surface area contributed by atoms with Gasteiger partial charge in [0.05, 0.1) is 0 Å². The van der Waals surface area contributed by atoms with Crippen LogP contribution in [-0.2, 0) is 4.74 Å². The molecule has 4 nitrogen and oxygen atoms in total. The van der Waals surface area contributed by atoms with Crippen molar-refractivity contribution in [3.8, 4) is 0 Å².